The second-order valence-electron chi connectivity index (χ2n) is 13.1. The Hall–Kier alpha value is -6.30. The predicted molar refractivity (Wildman–Crippen MR) is 206 cm³/mol. The highest BCUT2D eigenvalue weighted by atomic mass is 32.2. The molecular weight excluding hydrogens is 641 g/mol. The largest absolute Gasteiger partial charge is 0.309 e. The summed E-state index contributed by atoms with van der Waals surface area (Å²) >= 11 is 1.82. The Balaban J connectivity index is 1.26. The van der Waals surface area contributed by atoms with Crippen molar-refractivity contribution < 1.29 is 0 Å². The van der Waals surface area contributed by atoms with E-state index in [1.54, 1.807) is 0 Å². The molecule has 7 aromatic carbocycles. The minimum Gasteiger partial charge on any atom is -0.309 e. The molecule has 0 N–H and O–H groups in total. The van der Waals surface area contributed by atoms with Crippen molar-refractivity contribution in [1.29, 1.82) is 0 Å². The second-order valence-corrected chi connectivity index (χ2v) is 14.2. The Morgan fingerprint density at radius 3 is 1.78 bits per heavy atom. The van der Waals surface area contributed by atoms with Crippen LogP contribution in [0.2, 0.25) is 0 Å². The van der Waals surface area contributed by atoms with E-state index in [2.05, 4.69) is 138 Å². The molecule has 0 saturated carbocycles. The Labute approximate surface area is 299 Å². The number of para-hydroxylation sites is 3. The molecule has 0 bridgehead atoms. The maximum absolute atomic E-state index is 5.21. The topological polar surface area (TPSA) is 43.6 Å². The lowest BCUT2D eigenvalue weighted by Gasteiger charge is -2.45. The molecule has 4 nitrogen and oxygen atoms in total. The van der Waals surface area contributed by atoms with Crippen LogP contribution in [0.25, 0.3) is 61.7 Å². The molecule has 4 heterocycles. The van der Waals surface area contributed by atoms with Gasteiger partial charge in [0.15, 0.2) is 17.5 Å². The molecular formula is C46H28N4S. The molecule has 0 amide bonds. The van der Waals surface area contributed by atoms with Crippen LogP contribution < -0.4 is 0 Å². The van der Waals surface area contributed by atoms with Crippen LogP contribution in [0.5, 0.6) is 0 Å². The van der Waals surface area contributed by atoms with Crippen molar-refractivity contribution in [3.63, 3.8) is 0 Å². The van der Waals surface area contributed by atoms with Gasteiger partial charge < -0.3 is 4.57 Å². The standard InChI is InChI=1S/C46H28N4S/c1-3-15-29(16-4-1)43-47-44(30-17-5-2-6-18-30)49-45(48-43)33-21-14-25-37-42(33)51-40-28-12-9-23-35(40)46(37)34-22-8-11-27-39(34)50-38-26-10-7-19-31(38)32-20-13-24-36(46)41(32)50/h1-28H. The minimum absolute atomic E-state index is 0.578. The monoisotopic (exact) mass is 668 g/mol. The normalized spacial score (nSPS) is 15.5. The highest BCUT2D eigenvalue weighted by Crippen LogP contribution is 2.61. The summed E-state index contributed by atoms with van der Waals surface area (Å²) in [5.41, 5.74) is 11.1. The third kappa shape index (κ3) is 3.95. The Morgan fingerprint density at radius 1 is 0.431 bits per heavy atom. The molecule has 2 aliphatic rings. The van der Waals surface area contributed by atoms with Gasteiger partial charge in [0.05, 0.1) is 22.1 Å². The second kappa shape index (κ2) is 10.8. The molecule has 5 heteroatoms. The molecule has 0 aliphatic carbocycles. The average molecular weight is 669 g/mol. The number of nitrogens with zero attached hydrogens (tertiary/aromatic N) is 4. The van der Waals surface area contributed by atoms with E-state index >= 15 is 0 Å². The van der Waals surface area contributed by atoms with E-state index in [4.69, 9.17) is 15.0 Å². The molecule has 0 radical (unpaired) electrons. The molecule has 1 spiro atoms. The van der Waals surface area contributed by atoms with Crippen molar-refractivity contribution in [2.24, 2.45) is 0 Å². The molecule has 238 valence electrons. The highest BCUT2D eigenvalue weighted by molar-refractivity contribution is 7.99. The van der Waals surface area contributed by atoms with Crippen LogP contribution in [-0.2, 0) is 5.41 Å². The van der Waals surface area contributed by atoms with Gasteiger partial charge in [0.25, 0.3) is 0 Å². The van der Waals surface area contributed by atoms with E-state index in [-0.39, 0.29) is 0 Å². The third-order valence-electron chi connectivity index (χ3n) is 10.5. The first-order chi connectivity index (χ1) is 25.3. The molecule has 51 heavy (non-hydrogen) atoms. The lowest BCUT2D eigenvalue weighted by molar-refractivity contribution is 0.690. The van der Waals surface area contributed by atoms with E-state index in [1.807, 2.05) is 48.2 Å². The van der Waals surface area contributed by atoms with Crippen LogP contribution >= 0.6 is 11.8 Å². The van der Waals surface area contributed by atoms with Crippen LogP contribution in [0.3, 0.4) is 0 Å². The van der Waals surface area contributed by atoms with Gasteiger partial charge in [-0.2, -0.15) is 0 Å². The smallest absolute Gasteiger partial charge is 0.165 e. The first kappa shape index (κ1) is 28.5. The van der Waals surface area contributed by atoms with E-state index in [1.165, 1.54) is 54.6 Å². The number of hydrogen-bond donors (Lipinski definition) is 0. The Morgan fingerprint density at radius 2 is 1.00 bits per heavy atom. The lowest BCUT2D eigenvalue weighted by atomic mass is 9.62. The van der Waals surface area contributed by atoms with Gasteiger partial charge in [-0.25, -0.2) is 15.0 Å². The number of rotatable bonds is 3. The lowest BCUT2D eigenvalue weighted by Crippen LogP contribution is -2.37. The SMILES string of the molecule is c1ccc(-c2nc(-c3ccccc3)nc(-c3cccc4c3Sc3ccccc3C43c4ccccc4-n4c5ccccc5c5cccc3c54)n2)cc1. The van der Waals surface area contributed by atoms with E-state index in [0.29, 0.717) is 17.5 Å². The molecule has 0 saturated heterocycles. The molecule has 1 unspecified atom stereocenters. The van der Waals surface area contributed by atoms with Crippen molar-refractivity contribution in [3.8, 4) is 39.9 Å². The molecule has 2 aliphatic heterocycles. The van der Waals surface area contributed by atoms with E-state index < -0.39 is 5.41 Å². The van der Waals surface area contributed by atoms with Gasteiger partial charge in [-0.15, -0.1) is 0 Å². The summed E-state index contributed by atoms with van der Waals surface area (Å²) in [6.07, 6.45) is 0. The van der Waals surface area contributed by atoms with Crippen molar-refractivity contribution in [2.75, 3.05) is 0 Å². The number of benzene rings is 7. The van der Waals surface area contributed by atoms with Crippen LogP contribution in [0.15, 0.2) is 180 Å². The minimum atomic E-state index is -0.578. The molecule has 1 atom stereocenters. The molecule has 9 aromatic rings. The van der Waals surface area contributed by atoms with E-state index in [9.17, 15) is 0 Å². The first-order valence-corrected chi connectivity index (χ1v) is 18.0. The summed E-state index contributed by atoms with van der Waals surface area (Å²) in [4.78, 5) is 17.8. The van der Waals surface area contributed by atoms with Crippen LogP contribution in [0, 0.1) is 0 Å². The first-order valence-electron chi connectivity index (χ1n) is 17.2. The zero-order valence-electron chi connectivity index (χ0n) is 27.4. The highest BCUT2D eigenvalue weighted by Gasteiger charge is 2.49. The molecule has 2 aromatic heterocycles. The van der Waals surface area contributed by atoms with Crippen LogP contribution in [-0.4, -0.2) is 19.5 Å². The molecule has 0 fully saturated rings. The van der Waals surface area contributed by atoms with Crippen molar-refractivity contribution in [3.05, 3.63) is 192 Å². The summed E-state index contributed by atoms with van der Waals surface area (Å²) < 4.78 is 2.48. The van der Waals surface area contributed by atoms with Gasteiger partial charge in [-0.05, 0) is 40.5 Å². The summed E-state index contributed by atoms with van der Waals surface area (Å²) in [6, 6.07) is 60.7. The fourth-order valence-electron chi connectivity index (χ4n) is 8.45. The number of hydrogen-bond acceptors (Lipinski definition) is 4. The number of fused-ring (bicyclic) bond motifs is 11. The average Bonchev–Trinajstić information content (AvgIpc) is 3.55. The van der Waals surface area contributed by atoms with Gasteiger partial charge in [-0.3, -0.25) is 0 Å². The van der Waals surface area contributed by atoms with Gasteiger partial charge in [-0.1, -0.05) is 163 Å². The summed E-state index contributed by atoms with van der Waals surface area (Å²) in [6.45, 7) is 0. The zero-order chi connectivity index (χ0) is 33.5. The quantitative estimate of drug-likeness (QED) is 0.188. The van der Waals surface area contributed by atoms with Crippen LogP contribution in [0.1, 0.15) is 22.3 Å². The molecule has 11 rings (SSSR count). The third-order valence-corrected chi connectivity index (χ3v) is 11.7. The van der Waals surface area contributed by atoms with Gasteiger partial charge in [0, 0.05) is 37.3 Å². The van der Waals surface area contributed by atoms with Crippen LogP contribution in [0.4, 0.5) is 0 Å². The van der Waals surface area contributed by atoms with Crippen molar-refractivity contribution in [2.45, 2.75) is 15.2 Å². The van der Waals surface area contributed by atoms with Crippen molar-refractivity contribution >= 4 is 33.6 Å². The summed E-state index contributed by atoms with van der Waals surface area (Å²) in [5.74, 6) is 1.98. The van der Waals surface area contributed by atoms with Crippen molar-refractivity contribution in [1.82, 2.24) is 19.5 Å². The maximum Gasteiger partial charge on any atom is 0.165 e. The number of aromatic nitrogens is 4. The van der Waals surface area contributed by atoms with Gasteiger partial charge >= 0.3 is 0 Å². The summed E-state index contributed by atoms with van der Waals surface area (Å²) in [5, 5.41) is 2.53. The van der Waals surface area contributed by atoms with E-state index in [0.717, 1.165) is 21.6 Å². The zero-order valence-corrected chi connectivity index (χ0v) is 28.2. The Bertz CT molecular complexity index is 2790. The van der Waals surface area contributed by atoms with Gasteiger partial charge in [0.1, 0.15) is 0 Å². The summed E-state index contributed by atoms with van der Waals surface area (Å²) in [7, 11) is 0. The fourth-order valence-corrected chi connectivity index (χ4v) is 9.75. The fraction of sp³-hybridized carbons (Fsp3) is 0.0217. The Kier molecular flexibility index (Phi) is 6.07. The maximum atomic E-state index is 5.21. The van der Waals surface area contributed by atoms with Gasteiger partial charge in [0.2, 0.25) is 0 Å². The predicted octanol–water partition coefficient (Wildman–Crippen LogP) is 11.1.